The second-order valence-corrected chi connectivity index (χ2v) is 9.49. The normalized spacial score (nSPS) is 12.7. The van der Waals surface area contributed by atoms with Crippen LogP contribution in [0, 0.1) is 0 Å². The van der Waals surface area contributed by atoms with Gasteiger partial charge in [-0.15, -0.1) is 0 Å². The summed E-state index contributed by atoms with van der Waals surface area (Å²) in [5.74, 6) is -0.204. The van der Waals surface area contributed by atoms with Crippen LogP contribution >= 0.6 is 23.2 Å². The lowest BCUT2D eigenvalue weighted by atomic mass is 10.0. The van der Waals surface area contributed by atoms with Crippen LogP contribution in [0.2, 0.25) is 10.0 Å². The van der Waals surface area contributed by atoms with E-state index in [9.17, 15) is 13.2 Å². The molecule has 0 bridgehead atoms. The van der Waals surface area contributed by atoms with Gasteiger partial charge in [0.1, 0.15) is 6.04 Å². The highest BCUT2D eigenvalue weighted by Gasteiger charge is 2.32. The van der Waals surface area contributed by atoms with Crippen LogP contribution in [0.3, 0.4) is 0 Å². The molecule has 1 amide bonds. The van der Waals surface area contributed by atoms with Crippen LogP contribution in [0.1, 0.15) is 38.7 Å². The van der Waals surface area contributed by atoms with Gasteiger partial charge < -0.3 is 5.32 Å². The van der Waals surface area contributed by atoms with Crippen molar-refractivity contribution < 1.29 is 13.2 Å². The van der Waals surface area contributed by atoms with Gasteiger partial charge in [0.15, 0.2) is 0 Å². The number of anilines is 2. The molecule has 0 saturated carbocycles. The second-order valence-electron chi connectivity index (χ2n) is 6.81. The molecule has 2 aromatic carbocycles. The van der Waals surface area contributed by atoms with Crippen LogP contribution in [0.25, 0.3) is 0 Å². The third kappa shape index (κ3) is 5.19. The summed E-state index contributed by atoms with van der Waals surface area (Å²) in [4.78, 5) is 13.1. The summed E-state index contributed by atoms with van der Waals surface area (Å²) in [6.07, 6.45) is 1.34. The summed E-state index contributed by atoms with van der Waals surface area (Å²) in [5.41, 5.74) is 1.94. The predicted molar refractivity (Wildman–Crippen MR) is 117 cm³/mol. The van der Waals surface area contributed by atoms with Crippen LogP contribution in [-0.4, -0.2) is 26.6 Å². The van der Waals surface area contributed by atoms with Crippen molar-refractivity contribution in [3.63, 3.8) is 0 Å². The van der Waals surface area contributed by atoms with Gasteiger partial charge in [0.25, 0.3) is 0 Å². The number of rotatable bonds is 7. The Bertz CT molecular complexity index is 962. The molecule has 0 aromatic heterocycles. The van der Waals surface area contributed by atoms with E-state index >= 15 is 0 Å². The van der Waals surface area contributed by atoms with Crippen LogP contribution in [0.15, 0.2) is 42.5 Å². The molecule has 0 aliphatic carbocycles. The summed E-state index contributed by atoms with van der Waals surface area (Å²) < 4.78 is 26.1. The zero-order valence-corrected chi connectivity index (χ0v) is 18.6. The minimum atomic E-state index is -3.75. The van der Waals surface area contributed by atoms with Gasteiger partial charge >= 0.3 is 0 Å². The molecular formula is C20H24Cl2N2O3S. The van der Waals surface area contributed by atoms with Crippen LogP contribution in [0.5, 0.6) is 0 Å². The number of hydrogen-bond donors (Lipinski definition) is 1. The zero-order valence-electron chi connectivity index (χ0n) is 16.2. The quantitative estimate of drug-likeness (QED) is 0.632. The minimum absolute atomic E-state index is 0.206. The fraction of sp³-hybridized carbons (Fsp3) is 0.350. The number of hydrogen-bond acceptors (Lipinski definition) is 3. The summed E-state index contributed by atoms with van der Waals surface area (Å²) in [6.45, 7) is 5.82. The number of nitrogens with one attached hydrogen (secondary N) is 1. The van der Waals surface area contributed by atoms with Gasteiger partial charge in [-0.3, -0.25) is 9.10 Å². The maximum absolute atomic E-state index is 13.1. The van der Waals surface area contributed by atoms with Crippen molar-refractivity contribution in [2.24, 2.45) is 0 Å². The summed E-state index contributed by atoms with van der Waals surface area (Å²) in [7, 11) is -3.75. The summed E-state index contributed by atoms with van der Waals surface area (Å²) in [5, 5.41) is 3.41. The van der Waals surface area contributed by atoms with Gasteiger partial charge in [0, 0.05) is 5.69 Å². The van der Waals surface area contributed by atoms with Crippen molar-refractivity contribution in [3.05, 3.63) is 58.1 Å². The molecule has 0 aliphatic rings. The number of benzene rings is 2. The highest BCUT2D eigenvalue weighted by Crippen LogP contribution is 2.31. The van der Waals surface area contributed by atoms with E-state index in [1.54, 1.807) is 6.92 Å². The van der Waals surface area contributed by atoms with Crippen molar-refractivity contribution in [1.29, 1.82) is 0 Å². The first-order chi connectivity index (χ1) is 13.1. The molecule has 0 heterocycles. The molecule has 0 aliphatic heterocycles. The lowest BCUT2D eigenvalue weighted by molar-refractivity contribution is -0.117. The third-order valence-corrected chi connectivity index (χ3v) is 6.25. The molecule has 1 N–H and O–H groups in total. The lowest BCUT2D eigenvalue weighted by Crippen LogP contribution is -2.47. The Morgan fingerprint density at radius 2 is 1.75 bits per heavy atom. The number of sulfonamides is 1. The van der Waals surface area contributed by atoms with Crippen molar-refractivity contribution in [1.82, 2.24) is 0 Å². The molecule has 0 radical (unpaired) electrons. The molecule has 0 spiro atoms. The average molecular weight is 443 g/mol. The molecule has 0 saturated heterocycles. The van der Waals surface area contributed by atoms with Gasteiger partial charge in [-0.05, 0) is 42.2 Å². The minimum Gasteiger partial charge on any atom is -0.324 e. The Morgan fingerprint density at radius 1 is 1.11 bits per heavy atom. The number of nitrogens with zero attached hydrogens (tertiary/aromatic N) is 1. The van der Waals surface area contributed by atoms with Gasteiger partial charge in [0.2, 0.25) is 15.9 Å². The predicted octanol–water partition coefficient (Wildman–Crippen LogP) is 5.30. The second kappa shape index (κ2) is 9.16. The molecule has 2 aromatic rings. The maximum atomic E-state index is 13.1. The van der Waals surface area contributed by atoms with E-state index in [1.165, 1.54) is 18.2 Å². The Kier molecular flexibility index (Phi) is 7.37. The molecule has 0 fully saturated rings. The standard InChI is InChI=1S/C20H24Cl2N2O3S/c1-5-19(20(25)23-18-9-7-6-8-15(18)13(2)3)24(28(4,26)27)14-10-11-16(21)17(22)12-14/h6-13,19H,5H2,1-4H3,(H,23,25). The van der Waals surface area contributed by atoms with E-state index in [1.807, 2.05) is 38.1 Å². The van der Waals surface area contributed by atoms with Crippen LogP contribution in [0.4, 0.5) is 11.4 Å². The van der Waals surface area contributed by atoms with Gasteiger partial charge in [-0.2, -0.15) is 0 Å². The molecule has 28 heavy (non-hydrogen) atoms. The van der Waals surface area contributed by atoms with Crippen LogP contribution in [-0.2, 0) is 14.8 Å². The Balaban J connectivity index is 2.44. The summed E-state index contributed by atoms with van der Waals surface area (Å²) in [6, 6.07) is 11.0. The first-order valence-corrected chi connectivity index (χ1v) is 11.5. The van der Waals surface area contributed by atoms with E-state index in [4.69, 9.17) is 23.2 Å². The van der Waals surface area contributed by atoms with Crippen molar-refractivity contribution in [2.45, 2.75) is 39.2 Å². The maximum Gasteiger partial charge on any atom is 0.248 e. The van der Waals surface area contributed by atoms with Gasteiger partial charge in [-0.1, -0.05) is 62.2 Å². The smallest absolute Gasteiger partial charge is 0.248 e. The van der Waals surface area contributed by atoms with E-state index in [0.717, 1.165) is 16.1 Å². The average Bonchev–Trinajstić information content (AvgIpc) is 2.61. The lowest BCUT2D eigenvalue weighted by Gasteiger charge is -2.30. The van der Waals surface area contributed by atoms with Crippen molar-refractivity contribution >= 4 is 50.5 Å². The molecule has 1 unspecified atom stereocenters. The fourth-order valence-corrected chi connectivity index (χ4v) is 4.51. The molecular weight excluding hydrogens is 419 g/mol. The van der Waals surface area contributed by atoms with E-state index in [-0.39, 0.29) is 23.0 Å². The zero-order chi connectivity index (χ0) is 21.1. The molecule has 2 rings (SSSR count). The van der Waals surface area contributed by atoms with Gasteiger partial charge in [-0.25, -0.2) is 8.42 Å². The Hall–Kier alpha value is -1.76. The molecule has 152 valence electrons. The Morgan fingerprint density at radius 3 is 2.29 bits per heavy atom. The number of halogens is 2. The van der Waals surface area contributed by atoms with E-state index in [2.05, 4.69) is 5.32 Å². The highest BCUT2D eigenvalue weighted by atomic mass is 35.5. The van der Waals surface area contributed by atoms with Crippen molar-refractivity contribution in [2.75, 3.05) is 15.9 Å². The number of para-hydroxylation sites is 1. The SMILES string of the molecule is CCC(C(=O)Nc1ccccc1C(C)C)N(c1ccc(Cl)c(Cl)c1)S(C)(=O)=O. The molecule has 8 heteroatoms. The Labute approximate surface area is 176 Å². The number of carbonyl (C=O) groups is 1. The molecule has 5 nitrogen and oxygen atoms in total. The molecule has 1 atom stereocenters. The first kappa shape index (κ1) is 22.5. The van der Waals surface area contributed by atoms with Crippen LogP contribution < -0.4 is 9.62 Å². The number of amides is 1. The van der Waals surface area contributed by atoms with E-state index < -0.39 is 22.0 Å². The third-order valence-electron chi connectivity index (χ3n) is 4.33. The van der Waals surface area contributed by atoms with Gasteiger partial charge in [0.05, 0.1) is 22.0 Å². The first-order valence-electron chi connectivity index (χ1n) is 8.90. The fourth-order valence-electron chi connectivity index (χ4n) is 3.01. The van der Waals surface area contributed by atoms with E-state index in [0.29, 0.717) is 10.7 Å². The van der Waals surface area contributed by atoms with Crippen molar-refractivity contribution in [3.8, 4) is 0 Å². The number of carbonyl (C=O) groups excluding carboxylic acids is 1. The largest absolute Gasteiger partial charge is 0.324 e. The topological polar surface area (TPSA) is 66.5 Å². The monoisotopic (exact) mass is 442 g/mol. The highest BCUT2D eigenvalue weighted by molar-refractivity contribution is 7.92. The summed E-state index contributed by atoms with van der Waals surface area (Å²) >= 11 is 12.0.